The number of piperazine rings is 1. The van der Waals surface area contributed by atoms with Crippen LogP contribution in [-0.2, 0) is 6.54 Å². The zero-order valence-electron chi connectivity index (χ0n) is 11.4. The molecule has 0 amide bonds. The van der Waals surface area contributed by atoms with E-state index in [4.69, 9.17) is 0 Å². The van der Waals surface area contributed by atoms with E-state index in [1.54, 1.807) is 12.3 Å². The van der Waals surface area contributed by atoms with Crippen molar-refractivity contribution in [2.45, 2.75) is 39.4 Å². The summed E-state index contributed by atoms with van der Waals surface area (Å²) in [6.45, 7) is 9.44. The molecular formula is C14H22FN3. The van der Waals surface area contributed by atoms with E-state index in [0.29, 0.717) is 18.0 Å². The minimum atomic E-state index is -0.254. The number of rotatable bonds is 3. The van der Waals surface area contributed by atoms with Crippen LogP contribution in [0.25, 0.3) is 0 Å². The molecule has 1 N–H and O–H groups in total. The second kappa shape index (κ2) is 5.76. The van der Waals surface area contributed by atoms with E-state index in [2.05, 4.69) is 36.0 Å². The highest BCUT2D eigenvalue weighted by Gasteiger charge is 2.26. The molecule has 2 atom stereocenters. The Morgan fingerprint density at radius 1 is 1.50 bits per heavy atom. The summed E-state index contributed by atoms with van der Waals surface area (Å²) in [5.74, 6) is 0.362. The Bertz CT molecular complexity index is 394. The molecule has 1 aliphatic rings. The molecule has 0 aliphatic carbocycles. The van der Waals surface area contributed by atoms with Crippen LogP contribution in [0.4, 0.5) is 4.39 Å². The molecule has 0 aromatic carbocycles. The fourth-order valence-electron chi connectivity index (χ4n) is 2.39. The molecule has 1 fully saturated rings. The van der Waals surface area contributed by atoms with Gasteiger partial charge in [0.1, 0.15) is 5.82 Å². The average Bonchev–Trinajstić information content (AvgIpc) is 2.31. The zero-order valence-corrected chi connectivity index (χ0v) is 11.4. The highest BCUT2D eigenvalue weighted by atomic mass is 19.1. The minimum absolute atomic E-state index is 0.254. The van der Waals surface area contributed by atoms with Gasteiger partial charge < -0.3 is 5.32 Å². The van der Waals surface area contributed by atoms with E-state index in [1.807, 2.05) is 0 Å². The van der Waals surface area contributed by atoms with E-state index in [1.165, 1.54) is 6.20 Å². The van der Waals surface area contributed by atoms with E-state index in [-0.39, 0.29) is 5.82 Å². The van der Waals surface area contributed by atoms with E-state index >= 15 is 0 Å². The third kappa shape index (κ3) is 3.27. The van der Waals surface area contributed by atoms with E-state index in [0.717, 1.165) is 25.2 Å². The standard InChI is InChI=1S/C14H22FN3/c1-10(2)14-9-18(11(3)5-17-14)8-12-4-13(15)7-16-6-12/h4,6-7,10-11,14,17H,5,8-9H2,1-3H3. The average molecular weight is 251 g/mol. The molecule has 0 radical (unpaired) electrons. The molecule has 3 nitrogen and oxygen atoms in total. The second-order valence-electron chi connectivity index (χ2n) is 5.55. The molecule has 2 unspecified atom stereocenters. The second-order valence-corrected chi connectivity index (χ2v) is 5.55. The maximum absolute atomic E-state index is 13.1. The lowest BCUT2D eigenvalue weighted by molar-refractivity contribution is 0.116. The van der Waals surface area contributed by atoms with Crippen molar-refractivity contribution in [1.82, 2.24) is 15.2 Å². The maximum atomic E-state index is 13.1. The van der Waals surface area contributed by atoms with Gasteiger partial charge in [0.05, 0.1) is 6.20 Å². The molecule has 0 saturated carbocycles. The van der Waals surface area contributed by atoms with Crippen LogP contribution in [-0.4, -0.2) is 35.1 Å². The van der Waals surface area contributed by atoms with E-state index < -0.39 is 0 Å². The summed E-state index contributed by atoms with van der Waals surface area (Å²) in [6, 6.07) is 2.57. The van der Waals surface area contributed by atoms with Crippen LogP contribution in [0.15, 0.2) is 18.5 Å². The van der Waals surface area contributed by atoms with Gasteiger partial charge in [-0.25, -0.2) is 4.39 Å². The van der Waals surface area contributed by atoms with Crippen molar-refractivity contribution in [3.05, 3.63) is 29.8 Å². The Morgan fingerprint density at radius 3 is 2.94 bits per heavy atom. The van der Waals surface area contributed by atoms with Crippen LogP contribution >= 0.6 is 0 Å². The molecule has 18 heavy (non-hydrogen) atoms. The predicted molar refractivity (Wildman–Crippen MR) is 70.7 cm³/mol. The lowest BCUT2D eigenvalue weighted by atomic mass is 9.99. The van der Waals surface area contributed by atoms with Crippen LogP contribution < -0.4 is 5.32 Å². The van der Waals surface area contributed by atoms with Crippen molar-refractivity contribution < 1.29 is 4.39 Å². The first-order chi connectivity index (χ1) is 8.56. The number of aromatic nitrogens is 1. The fourth-order valence-corrected chi connectivity index (χ4v) is 2.39. The smallest absolute Gasteiger partial charge is 0.141 e. The third-order valence-electron chi connectivity index (χ3n) is 3.68. The van der Waals surface area contributed by atoms with Crippen molar-refractivity contribution in [2.24, 2.45) is 5.92 Å². The number of halogens is 1. The molecule has 2 rings (SSSR count). The minimum Gasteiger partial charge on any atom is -0.311 e. The third-order valence-corrected chi connectivity index (χ3v) is 3.68. The van der Waals surface area contributed by atoms with Crippen LogP contribution in [0.2, 0.25) is 0 Å². The largest absolute Gasteiger partial charge is 0.311 e. The first-order valence-electron chi connectivity index (χ1n) is 6.63. The Hall–Kier alpha value is -1.00. The molecule has 100 valence electrons. The van der Waals surface area contributed by atoms with Gasteiger partial charge >= 0.3 is 0 Å². The summed E-state index contributed by atoms with van der Waals surface area (Å²) >= 11 is 0. The molecule has 1 aliphatic heterocycles. The van der Waals surface area contributed by atoms with Gasteiger partial charge in [-0.05, 0) is 24.5 Å². The van der Waals surface area contributed by atoms with Crippen LogP contribution in [0, 0.1) is 11.7 Å². The highest BCUT2D eigenvalue weighted by molar-refractivity contribution is 5.10. The van der Waals surface area contributed by atoms with Gasteiger partial charge in [0.25, 0.3) is 0 Å². The first kappa shape index (κ1) is 13.4. The molecular weight excluding hydrogens is 229 g/mol. The SMILES string of the molecule is CC(C)C1CN(Cc2cncc(F)c2)C(C)CN1. The number of nitrogens with one attached hydrogen (secondary N) is 1. The van der Waals surface area contributed by atoms with Gasteiger partial charge in [0.2, 0.25) is 0 Å². The molecule has 0 spiro atoms. The zero-order chi connectivity index (χ0) is 13.1. The van der Waals surface area contributed by atoms with Crippen LogP contribution in [0.1, 0.15) is 26.3 Å². The summed E-state index contributed by atoms with van der Waals surface area (Å²) in [6.07, 6.45) is 3.00. The predicted octanol–water partition coefficient (Wildman–Crippen LogP) is 2.04. The molecule has 1 aromatic heterocycles. The maximum Gasteiger partial charge on any atom is 0.141 e. The number of hydrogen-bond donors (Lipinski definition) is 1. The topological polar surface area (TPSA) is 28.2 Å². The molecule has 4 heteroatoms. The van der Waals surface area contributed by atoms with Crippen molar-refractivity contribution >= 4 is 0 Å². The molecule has 2 heterocycles. The number of nitrogens with zero attached hydrogens (tertiary/aromatic N) is 2. The Morgan fingerprint density at radius 2 is 2.28 bits per heavy atom. The van der Waals surface area contributed by atoms with Gasteiger partial charge in [0, 0.05) is 37.9 Å². The van der Waals surface area contributed by atoms with Gasteiger partial charge in [-0.15, -0.1) is 0 Å². The van der Waals surface area contributed by atoms with Gasteiger partial charge in [-0.1, -0.05) is 13.8 Å². The summed E-state index contributed by atoms with van der Waals surface area (Å²) < 4.78 is 13.1. The van der Waals surface area contributed by atoms with Gasteiger partial charge in [-0.3, -0.25) is 9.88 Å². The quantitative estimate of drug-likeness (QED) is 0.891. The molecule has 1 aromatic rings. The van der Waals surface area contributed by atoms with Gasteiger partial charge in [0.15, 0.2) is 0 Å². The number of pyridine rings is 1. The molecule has 1 saturated heterocycles. The van der Waals surface area contributed by atoms with E-state index in [9.17, 15) is 4.39 Å². The van der Waals surface area contributed by atoms with Crippen molar-refractivity contribution in [2.75, 3.05) is 13.1 Å². The molecule has 0 bridgehead atoms. The summed E-state index contributed by atoms with van der Waals surface area (Å²) in [5, 5.41) is 3.56. The summed E-state index contributed by atoms with van der Waals surface area (Å²) in [7, 11) is 0. The van der Waals surface area contributed by atoms with Gasteiger partial charge in [-0.2, -0.15) is 0 Å². The fraction of sp³-hybridized carbons (Fsp3) is 0.643. The summed E-state index contributed by atoms with van der Waals surface area (Å²) in [5.41, 5.74) is 0.950. The van der Waals surface area contributed by atoms with Crippen molar-refractivity contribution in [3.63, 3.8) is 0 Å². The van der Waals surface area contributed by atoms with Crippen LogP contribution in [0.5, 0.6) is 0 Å². The summed E-state index contributed by atoms with van der Waals surface area (Å²) in [4.78, 5) is 6.31. The van der Waals surface area contributed by atoms with Crippen LogP contribution in [0.3, 0.4) is 0 Å². The normalized spacial score (nSPS) is 25.6. The number of hydrogen-bond acceptors (Lipinski definition) is 3. The lowest BCUT2D eigenvalue weighted by Gasteiger charge is -2.40. The lowest BCUT2D eigenvalue weighted by Crippen LogP contribution is -2.56. The monoisotopic (exact) mass is 251 g/mol. The Balaban J connectivity index is 2.02. The highest BCUT2D eigenvalue weighted by Crippen LogP contribution is 2.15. The Kier molecular flexibility index (Phi) is 4.30. The van der Waals surface area contributed by atoms with Crippen molar-refractivity contribution in [3.8, 4) is 0 Å². The Labute approximate surface area is 108 Å². The van der Waals surface area contributed by atoms with Crippen molar-refractivity contribution in [1.29, 1.82) is 0 Å². The first-order valence-corrected chi connectivity index (χ1v) is 6.63.